The first-order valence-electron chi connectivity index (χ1n) is 11.6. The molecule has 0 unspecified atom stereocenters. The van der Waals surface area contributed by atoms with Crippen molar-refractivity contribution in [3.05, 3.63) is 59.7 Å². The van der Waals surface area contributed by atoms with Crippen LogP contribution >= 0.6 is 0 Å². The van der Waals surface area contributed by atoms with E-state index in [1.165, 1.54) is 24.3 Å². The summed E-state index contributed by atoms with van der Waals surface area (Å²) in [7, 11) is -4.09. The highest BCUT2D eigenvalue weighted by molar-refractivity contribution is 7.88. The SMILES string of the molecule is CNC(=O)[C@@]1(CCN2CCN(c3ccc(OS(=O)(=O)C(F)(F)F)cc3)CC2)OCCc2ccccc21. The lowest BCUT2D eigenvalue weighted by Crippen LogP contribution is -2.52. The predicted molar refractivity (Wildman–Crippen MR) is 127 cm³/mol. The number of anilines is 1. The Morgan fingerprint density at radius 3 is 2.39 bits per heavy atom. The largest absolute Gasteiger partial charge is 0.534 e. The van der Waals surface area contributed by atoms with Gasteiger partial charge < -0.3 is 19.1 Å². The van der Waals surface area contributed by atoms with E-state index in [9.17, 15) is 26.4 Å². The highest BCUT2D eigenvalue weighted by Gasteiger charge is 2.48. The summed E-state index contributed by atoms with van der Waals surface area (Å²) >= 11 is 0. The number of carbonyl (C=O) groups is 1. The number of fused-ring (bicyclic) bond motifs is 1. The second-order valence-corrected chi connectivity index (χ2v) is 10.3. The van der Waals surface area contributed by atoms with Crippen molar-refractivity contribution >= 4 is 21.7 Å². The molecule has 36 heavy (non-hydrogen) atoms. The second kappa shape index (κ2) is 10.3. The molecule has 2 heterocycles. The Balaban J connectivity index is 1.36. The van der Waals surface area contributed by atoms with Gasteiger partial charge in [-0.25, -0.2) is 0 Å². The van der Waals surface area contributed by atoms with Crippen molar-refractivity contribution in [2.75, 3.05) is 51.3 Å². The zero-order chi connectivity index (χ0) is 26.0. The van der Waals surface area contributed by atoms with Gasteiger partial charge in [0.25, 0.3) is 5.91 Å². The molecule has 1 fully saturated rings. The van der Waals surface area contributed by atoms with E-state index in [0.29, 0.717) is 45.8 Å². The van der Waals surface area contributed by atoms with Gasteiger partial charge >= 0.3 is 15.6 Å². The molecule has 8 nitrogen and oxygen atoms in total. The van der Waals surface area contributed by atoms with E-state index in [2.05, 4.69) is 19.3 Å². The van der Waals surface area contributed by atoms with Crippen LogP contribution in [0.15, 0.2) is 48.5 Å². The van der Waals surface area contributed by atoms with Crippen molar-refractivity contribution in [2.45, 2.75) is 24.0 Å². The van der Waals surface area contributed by atoms with Crippen LogP contribution < -0.4 is 14.4 Å². The van der Waals surface area contributed by atoms with Crippen molar-refractivity contribution < 1.29 is 35.3 Å². The van der Waals surface area contributed by atoms with E-state index in [0.717, 1.165) is 23.2 Å². The fourth-order valence-corrected chi connectivity index (χ4v) is 5.15. The van der Waals surface area contributed by atoms with Gasteiger partial charge in [0.2, 0.25) is 0 Å². The van der Waals surface area contributed by atoms with Gasteiger partial charge in [0.15, 0.2) is 5.60 Å². The molecular formula is C24H28F3N3O5S. The molecule has 2 aromatic carbocycles. The van der Waals surface area contributed by atoms with Crippen molar-refractivity contribution in [2.24, 2.45) is 0 Å². The van der Waals surface area contributed by atoms with Crippen LogP contribution in [0.3, 0.4) is 0 Å². The molecule has 2 aliphatic heterocycles. The van der Waals surface area contributed by atoms with Gasteiger partial charge in [-0.05, 0) is 41.8 Å². The average molecular weight is 528 g/mol. The van der Waals surface area contributed by atoms with Crippen molar-refractivity contribution in [1.82, 2.24) is 10.2 Å². The van der Waals surface area contributed by atoms with Crippen molar-refractivity contribution in [1.29, 1.82) is 0 Å². The van der Waals surface area contributed by atoms with Crippen LogP contribution in [-0.4, -0.2) is 71.1 Å². The Hall–Kier alpha value is -2.83. The van der Waals surface area contributed by atoms with Crippen LogP contribution in [-0.2, 0) is 31.7 Å². The van der Waals surface area contributed by atoms with Gasteiger partial charge in [-0.2, -0.15) is 21.6 Å². The van der Waals surface area contributed by atoms with Crippen LogP contribution in [0.25, 0.3) is 0 Å². The first kappa shape index (κ1) is 26.2. The van der Waals surface area contributed by atoms with E-state index < -0.39 is 27.0 Å². The molecule has 196 valence electrons. The number of likely N-dealkylation sites (N-methyl/N-ethyl adjacent to an activating group) is 1. The minimum atomic E-state index is -5.70. The van der Waals surface area contributed by atoms with E-state index >= 15 is 0 Å². The zero-order valence-electron chi connectivity index (χ0n) is 19.8. The third-order valence-corrected chi connectivity index (χ3v) is 7.59. The Kier molecular flexibility index (Phi) is 7.48. The fourth-order valence-electron chi connectivity index (χ4n) is 4.69. The highest BCUT2D eigenvalue weighted by Crippen LogP contribution is 2.37. The van der Waals surface area contributed by atoms with E-state index in [4.69, 9.17) is 4.74 Å². The van der Waals surface area contributed by atoms with Crippen LogP contribution in [0.4, 0.5) is 18.9 Å². The Bertz CT molecular complexity index is 1180. The minimum absolute atomic E-state index is 0.164. The molecule has 1 N–H and O–H groups in total. The quantitative estimate of drug-likeness (QED) is 0.438. The number of carbonyl (C=O) groups excluding carboxylic acids is 1. The third kappa shape index (κ3) is 5.30. The lowest BCUT2D eigenvalue weighted by Gasteiger charge is -2.41. The van der Waals surface area contributed by atoms with Crippen molar-refractivity contribution in [3.8, 4) is 5.75 Å². The molecule has 0 spiro atoms. The zero-order valence-corrected chi connectivity index (χ0v) is 20.6. The first-order chi connectivity index (χ1) is 17.1. The standard InChI is InChI=1S/C24H28F3N3O5S/c1-28-22(31)23(21-5-3-2-4-18(21)10-17-34-23)11-12-29-13-15-30(16-14-29)19-6-8-20(9-7-19)35-36(32,33)24(25,26)27/h2-9H,10-17H2,1H3,(H,28,31)/t23-/m0/s1. The number of hydrogen-bond donors (Lipinski definition) is 1. The van der Waals surface area contributed by atoms with Crippen LogP contribution in [0.1, 0.15) is 17.5 Å². The molecule has 1 saturated heterocycles. The number of amides is 1. The average Bonchev–Trinajstić information content (AvgIpc) is 2.87. The maximum atomic E-state index is 13.0. The molecule has 0 aliphatic carbocycles. The van der Waals surface area contributed by atoms with Crippen LogP contribution in [0.2, 0.25) is 0 Å². The summed E-state index contributed by atoms with van der Waals surface area (Å²) < 4.78 is 70.2. The van der Waals surface area contributed by atoms with Gasteiger partial charge in [-0.1, -0.05) is 24.3 Å². The Morgan fingerprint density at radius 1 is 1.08 bits per heavy atom. The Labute approximate surface area is 208 Å². The number of benzene rings is 2. The van der Waals surface area contributed by atoms with E-state index in [1.807, 2.05) is 24.3 Å². The van der Waals surface area contributed by atoms with Gasteiger partial charge in [-0.15, -0.1) is 0 Å². The van der Waals surface area contributed by atoms with E-state index in [1.54, 1.807) is 7.05 Å². The summed E-state index contributed by atoms with van der Waals surface area (Å²) in [5.41, 5.74) is -3.74. The molecule has 2 aromatic rings. The van der Waals surface area contributed by atoms with Gasteiger partial charge in [0.1, 0.15) is 5.75 Å². The van der Waals surface area contributed by atoms with E-state index in [-0.39, 0.29) is 5.91 Å². The summed E-state index contributed by atoms with van der Waals surface area (Å²) in [6.45, 7) is 3.87. The molecule has 1 amide bonds. The molecule has 2 aliphatic rings. The van der Waals surface area contributed by atoms with Crippen molar-refractivity contribution in [3.63, 3.8) is 0 Å². The molecule has 1 atom stereocenters. The monoisotopic (exact) mass is 527 g/mol. The third-order valence-electron chi connectivity index (χ3n) is 6.61. The molecule has 0 bridgehead atoms. The van der Waals surface area contributed by atoms with Crippen LogP contribution in [0.5, 0.6) is 5.75 Å². The van der Waals surface area contributed by atoms with Gasteiger partial charge in [-0.3, -0.25) is 9.69 Å². The second-order valence-electron chi connectivity index (χ2n) is 8.72. The fraction of sp³-hybridized carbons (Fsp3) is 0.458. The first-order valence-corrected chi connectivity index (χ1v) is 13.0. The summed E-state index contributed by atoms with van der Waals surface area (Å²) in [5.74, 6) is -0.565. The van der Waals surface area contributed by atoms with Gasteiger partial charge in [0, 0.05) is 51.9 Å². The number of halogens is 3. The number of nitrogens with one attached hydrogen (secondary N) is 1. The number of ether oxygens (including phenoxy) is 1. The number of rotatable bonds is 7. The maximum absolute atomic E-state index is 13.0. The summed E-state index contributed by atoms with van der Waals surface area (Å²) in [6, 6.07) is 13.3. The topological polar surface area (TPSA) is 88.2 Å². The molecule has 0 aromatic heterocycles. The molecule has 12 heteroatoms. The molecule has 0 saturated carbocycles. The maximum Gasteiger partial charge on any atom is 0.534 e. The normalized spacial score (nSPS) is 21.1. The molecule has 0 radical (unpaired) electrons. The lowest BCUT2D eigenvalue weighted by atomic mass is 9.82. The summed E-state index contributed by atoms with van der Waals surface area (Å²) in [6.07, 6.45) is 1.27. The number of nitrogens with zero attached hydrogens (tertiary/aromatic N) is 2. The predicted octanol–water partition coefficient (Wildman–Crippen LogP) is 2.64. The van der Waals surface area contributed by atoms with Crippen LogP contribution in [0, 0.1) is 0 Å². The highest BCUT2D eigenvalue weighted by atomic mass is 32.2. The number of alkyl halides is 3. The number of hydrogen-bond acceptors (Lipinski definition) is 7. The lowest BCUT2D eigenvalue weighted by molar-refractivity contribution is -0.152. The molecule has 4 rings (SSSR count). The summed E-state index contributed by atoms with van der Waals surface area (Å²) in [4.78, 5) is 17.3. The molecular weight excluding hydrogens is 499 g/mol. The Morgan fingerprint density at radius 2 is 1.75 bits per heavy atom. The summed E-state index contributed by atoms with van der Waals surface area (Å²) in [5, 5.41) is 2.76. The van der Waals surface area contributed by atoms with Gasteiger partial charge in [0.05, 0.1) is 6.61 Å². The number of piperazine rings is 1. The smallest absolute Gasteiger partial charge is 0.376 e. The minimum Gasteiger partial charge on any atom is -0.376 e.